The van der Waals surface area contributed by atoms with E-state index in [4.69, 9.17) is 10.5 Å². The van der Waals surface area contributed by atoms with Gasteiger partial charge in [-0.15, -0.1) is 0 Å². The quantitative estimate of drug-likeness (QED) is 0.908. The molecule has 100 valence electrons. The van der Waals surface area contributed by atoms with Crippen LogP contribution in [0.15, 0.2) is 40.9 Å². The Morgan fingerprint density at radius 3 is 2.47 bits per heavy atom. The predicted molar refractivity (Wildman–Crippen MR) is 82.9 cm³/mol. The van der Waals surface area contributed by atoms with Gasteiger partial charge in [0, 0.05) is 4.47 Å². The summed E-state index contributed by atoms with van der Waals surface area (Å²) in [4.78, 5) is 0. The van der Waals surface area contributed by atoms with Crippen LogP contribution in [0.25, 0.3) is 0 Å². The first-order chi connectivity index (χ1) is 9.10. The molecule has 0 aromatic heterocycles. The fourth-order valence-corrected chi connectivity index (χ4v) is 2.44. The summed E-state index contributed by atoms with van der Waals surface area (Å²) in [6.07, 6.45) is 0.805. The van der Waals surface area contributed by atoms with Crippen molar-refractivity contribution in [2.45, 2.75) is 20.3 Å². The second-order valence-corrected chi connectivity index (χ2v) is 5.58. The highest BCUT2D eigenvalue weighted by Gasteiger charge is 2.07. The van der Waals surface area contributed by atoms with Crippen molar-refractivity contribution in [3.05, 3.63) is 57.6 Å². The van der Waals surface area contributed by atoms with Gasteiger partial charge in [0.25, 0.3) is 0 Å². The van der Waals surface area contributed by atoms with Crippen LogP contribution in [0.4, 0.5) is 0 Å². The van der Waals surface area contributed by atoms with Crippen molar-refractivity contribution in [3.8, 4) is 11.5 Å². The minimum atomic E-state index is 0.611. The fraction of sp³-hybridized carbons (Fsp3) is 0.250. The maximum atomic E-state index is 6.03. The van der Waals surface area contributed by atoms with Gasteiger partial charge >= 0.3 is 0 Å². The zero-order chi connectivity index (χ0) is 13.8. The van der Waals surface area contributed by atoms with Gasteiger partial charge in [-0.25, -0.2) is 0 Å². The molecule has 2 nitrogen and oxygen atoms in total. The predicted octanol–water partition coefficient (Wildman–Crippen LogP) is 4.36. The zero-order valence-corrected chi connectivity index (χ0v) is 12.8. The van der Waals surface area contributed by atoms with Gasteiger partial charge in [-0.05, 0) is 62.2 Å². The molecule has 0 aliphatic carbocycles. The minimum Gasteiger partial charge on any atom is -0.457 e. The largest absolute Gasteiger partial charge is 0.457 e. The maximum absolute atomic E-state index is 6.03. The molecule has 0 aliphatic heterocycles. The first-order valence-corrected chi connectivity index (χ1v) is 7.13. The van der Waals surface area contributed by atoms with Gasteiger partial charge in [0.1, 0.15) is 11.5 Å². The van der Waals surface area contributed by atoms with Crippen LogP contribution in [0.1, 0.15) is 16.7 Å². The van der Waals surface area contributed by atoms with Crippen LogP contribution < -0.4 is 10.5 Å². The number of benzene rings is 2. The van der Waals surface area contributed by atoms with Gasteiger partial charge in [0.15, 0.2) is 0 Å². The molecule has 0 spiro atoms. The summed E-state index contributed by atoms with van der Waals surface area (Å²) in [7, 11) is 0. The smallest absolute Gasteiger partial charge is 0.130 e. The average molecular weight is 320 g/mol. The van der Waals surface area contributed by atoms with Crippen molar-refractivity contribution in [3.63, 3.8) is 0 Å². The molecule has 0 radical (unpaired) electrons. The Bertz CT molecular complexity index is 581. The third kappa shape index (κ3) is 3.58. The molecule has 0 amide bonds. The number of rotatable bonds is 4. The zero-order valence-electron chi connectivity index (χ0n) is 11.2. The Morgan fingerprint density at radius 2 is 1.79 bits per heavy atom. The van der Waals surface area contributed by atoms with Gasteiger partial charge in [-0.3, -0.25) is 0 Å². The molecule has 2 rings (SSSR count). The van der Waals surface area contributed by atoms with E-state index in [2.05, 4.69) is 48.0 Å². The van der Waals surface area contributed by atoms with Crippen molar-refractivity contribution in [1.29, 1.82) is 0 Å². The second-order valence-electron chi connectivity index (χ2n) is 4.66. The standard InChI is InChI=1S/C16H18BrNO/c1-11-3-5-15(12(2)9-11)19-16-6-4-14(17)10-13(16)7-8-18/h3-6,9-10H,7-8,18H2,1-2H3. The lowest BCUT2D eigenvalue weighted by Crippen LogP contribution is -2.04. The molecule has 2 aromatic carbocycles. The van der Waals surface area contributed by atoms with Gasteiger partial charge in [-0.2, -0.15) is 0 Å². The molecule has 0 saturated heterocycles. The van der Waals surface area contributed by atoms with Crippen LogP contribution in [-0.4, -0.2) is 6.54 Å². The molecule has 0 fully saturated rings. The molecular weight excluding hydrogens is 302 g/mol. The number of ether oxygens (including phenoxy) is 1. The number of hydrogen-bond donors (Lipinski definition) is 1. The highest BCUT2D eigenvalue weighted by molar-refractivity contribution is 9.10. The van der Waals surface area contributed by atoms with E-state index in [1.165, 1.54) is 5.56 Å². The summed E-state index contributed by atoms with van der Waals surface area (Å²) in [5.41, 5.74) is 9.15. The van der Waals surface area contributed by atoms with E-state index in [0.717, 1.165) is 33.5 Å². The molecule has 0 unspecified atom stereocenters. The van der Waals surface area contributed by atoms with Crippen LogP contribution in [0.5, 0.6) is 11.5 Å². The lowest BCUT2D eigenvalue weighted by molar-refractivity contribution is 0.472. The SMILES string of the molecule is Cc1ccc(Oc2ccc(Br)cc2CCN)c(C)c1. The first kappa shape index (κ1) is 14.1. The Kier molecular flexibility index (Phi) is 4.61. The Morgan fingerprint density at radius 1 is 1.05 bits per heavy atom. The molecule has 3 heteroatoms. The Balaban J connectivity index is 2.32. The Labute approximate surface area is 122 Å². The van der Waals surface area contributed by atoms with E-state index in [-0.39, 0.29) is 0 Å². The monoisotopic (exact) mass is 319 g/mol. The normalized spacial score (nSPS) is 10.5. The number of hydrogen-bond acceptors (Lipinski definition) is 2. The van der Waals surface area contributed by atoms with Gasteiger partial charge < -0.3 is 10.5 Å². The maximum Gasteiger partial charge on any atom is 0.130 e. The van der Waals surface area contributed by atoms with E-state index in [1.54, 1.807) is 0 Å². The molecule has 0 saturated carbocycles. The summed E-state index contributed by atoms with van der Waals surface area (Å²) < 4.78 is 7.07. The van der Waals surface area contributed by atoms with Gasteiger partial charge in [-0.1, -0.05) is 33.6 Å². The van der Waals surface area contributed by atoms with Gasteiger partial charge in [0.05, 0.1) is 0 Å². The van der Waals surface area contributed by atoms with Crippen LogP contribution in [0.2, 0.25) is 0 Å². The molecule has 0 atom stereocenters. The van der Waals surface area contributed by atoms with Crippen molar-refractivity contribution in [2.24, 2.45) is 5.73 Å². The molecule has 0 aliphatic rings. The van der Waals surface area contributed by atoms with Crippen molar-refractivity contribution >= 4 is 15.9 Å². The average Bonchev–Trinajstić information content (AvgIpc) is 2.36. The lowest BCUT2D eigenvalue weighted by atomic mass is 10.1. The number of aryl methyl sites for hydroxylation is 2. The van der Waals surface area contributed by atoms with Crippen molar-refractivity contribution < 1.29 is 4.74 Å². The highest BCUT2D eigenvalue weighted by atomic mass is 79.9. The highest BCUT2D eigenvalue weighted by Crippen LogP contribution is 2.30. The summed E-state index contributed by atoms with van der Waals surface area (Å²) in [6, 6.07) is 12.2. The Hall–Kier alpha value is -1.32. The van der Waals surface area contributed by atoms with Crippen molar-refractivity contribution in [2.75, 3.05) is 6.54 Å². The molecule has 0 heterocycles. The van der Waals surface area contributed by atoms with Gasteiger partial charge in [0.2, 0.25) is 0 Å². The van der Waals surface area contributed by atoms with Crippen molar-refractivity contribution in [1.82, 2.24) is 0 Å². The molecule has 19 heavy (non-hydrogen) atoms. The van der Waals surface area contributed by atoms with Crippen LogP contribution in [0, 0.1) is 13.8 Å². The van der Waals surface area contributed by atoms with Crippen LogP contribution in [0.3, 0.4) is 0 Å². The van der Waals surface area contributed by atoms with E-state index < -0.39 is 0 Å². The van der Waals surface area contributed by atoms with E-state index in [9.17, 15) is 0 Å². The molecular formula is C16H18BrNO. The second kappa shape index (κ2) is 6.22. The number of halogens is 1. The summed E-state index contributed by atoms with van der Waals surface area (Å²) in [5, 5.41) is 0. The summed E-state index contributed by atoms with van der Waals surface area (Å²) >= 11 is 3.48. The minimum absolute atomic E-state index is 0.611. The van der Waals surface area contributed by atoms with Crippen LogP contribution in [-0.2, 0) is 6.42 Å². The molecule has 2 aromatic rings. The molecule has 2 N–H and O–H groups in total. The number of nitrogens with two attached hydrogens (primary N) is 1. The molecule has 0 bridgehead atoms. The fourth-order valence-electron chi connectivity index (χ4n) is 2.03. The van der Waals surface area contributed by atoms with E-state index >= 15 is 0 Å². The summed E-state index contributed by atoms with van der Waals surface area (Å²) in [6.45, 7) is 4.75. The first-order valence-electron chi connectivity index (χ1n) is 6.34. The third-order valence-electron chi connectivity index (χ3n) is 2.99. The van der Waals surface area contributed by atoms with Crippen LogP contribution >= 0.6 is 15.9 Å². The summed E-state index contributed by atoms with van der Waals surface area (Å²) in [5.74, 6) is 1.77. The topological polar surface area (TPSA) is 35.2 Å². The van der Waals surface area contributed by atoms with E-state index in [0.29, 0.717) is 6.54 Å². The lowest BCUT2D eigenvalue weighted by Gasteiger charge is -2.13. The third-order valence-corrected chi connectivity index (χ3v) is 3.48. The van der Waals surface area contributed by atoms with E-state index in [1.807, 2.05) is 18.2 Å².